The maximum absolute atomic E-state index is 8.69. The summed E-state index contributed by atoms with van der Waals surface area (Å²) >= 11 is 0. The fraction of sp³-hybridized carbons (Fsp3) is 0.286. The molecule has 1 aromatic rings. The molecule has 1 fully saturated rings. The van der Waals surface area contributed by atoms with Gasteiger partial charge in [-0.3, -0.25) is 0 Å². The van der Waals surface area contributed by atoms with Crippen LogP contribution >= 0.6 is 0 Å². The maximum atomic E-state index is 8.69. The lowest BCUT2D eigenvalue weighted by Gasteiger charge is -2.14. The van der Waals surface area contributed by atoms with E-state index in [-0.39, 0.29) is 5.57 Å². The van der Waals surface area contributed by atoms with Crippen LogP contribution < -0.4 is 10.6 Å². The van der Waals surface area contributed by atoms with Gasteiger partial charge in [0.1, 0.15) is 17.7 Å². The molecule has 1 aromatic carbocycles. The van der Waals surface area contributed by atoms with E-state index in [1.807, 2.05) is 37.3 Å². The molecule has 0 aromatic heterocycles. The summed E-state index contributed by atoms with van der Waals surface area (Å²) in [6.45, 7) is 2.04. The van der Waals surface area contributed by atoms with Crippen molar-refractivity contribution in [1.82, 2.24) is 0 Å². The topological polar surface area (TPSA) is 71.6 Å². The first kappa shape index (κ1) is 12.0. The Labute approximate surface area is 107 Å². The van der Waals surface area contributed by atoms with Crippen LogP contribution in [-0.2, 0) is 0 Å². The molecule has 0 unspecified atom stereocenters. The molecule has 0 heterocycles. The Morgan fingerprint density at radius 1 is 1.33 bits per heavy atom. The third-order valence-electron chi connectivity index (χ3n) is 2.81. The van der Waals surface area contributed by atoms with E-state index < -0.39 is 0 Å². The molecule has 90 valence electrons. The van der Waals surface area contributed by atoms with E-state index in [4.69, 9.17) is 10.5 Å². The first-order valence-corrected chi connectivity index (χ1v) is 5.87. The summed E-state index contributed by atoms with van der Waals surface area (Å²) in [7, 11) is 0. The number of aryl methyl sites for hydroxylation is 1. The minimum atomic E-state index is 0.0638. The third-order valence-corrected chi connectivity index (χ3v) is 2.81. The van der Waals surface area contributed by atoms with Gasteiger partial charge in [0.2, 0.25) is 0 Å². The highest BCUT2D eigenvalue weighted by Crippen LogP contribution is 2.32. The summed E-state index contributed by atoms with van der Waals surface area (Å²) < 4.78 is 0. The van der Waals surface area contributed by atoms with Gasteiger partial charge < -0.3 is 10.6 Å². The predicted octanol–water partition coefficient (Wildman–Crippen LogP) is 2.91. The Balaban J connectivity index is 2.22. The molecule has 0 bridgehead atoms. The average Bonchev–Trinajstić information content (AvgIpc) is 3.18. The van der Waals surface area contributed by atoms with E-state index in [1.165, 1.54) is 19.0 Å². The van der Waals surface area contributed by atoms with Crippen LogP contribution in [0.3, 0.4) is 0 Å². The fourth-order valence-corrected chi connectivity index (χ4v) is 1.65. The second-order valence-corrected chi connectivity index (χ2v) is 4.34. The molecule has 1 aliphatic rings. The van der Waals surface area contributed by atoms with Crippen LogP contribution in [0.15, 0.2) is 30.0 Å². The SMILES string of the molecule is Cc1cccc(NC=C(C#N)C#N)c1NC1CC1. The van der Waals surface area contributed by atoms with Crippen LogP contribution in [0.5, 0.6) is 0 Å². The van der Waals surface area contributed by atoms with Crippen LogP contribution in [0.4, 0.5) is 11.4 Å². The van der Waals surface area contributed by atoms with Crippen LogP contribution in [0.2, 0.25) is 0 Å². The number of para-hydroxylation sites is 1. The first-order valence-electron chi connectivity index (χ1n) is 5.87. The van der Waals surface area contributed by atoms with Crippen LogP contribution in [-0.4, -0.2) is 6.04 Å². The lowest BCUT2D eigenvalue weighted by molar-refractivity contribution is 1.14. The molecule has 0 atom stereocenters. The summed E-state index contributed by atoms with van der Waals surface area (Å²) in [5.41, 5.74) is 3.15. The molecule has 0 radical (unpaired) electrons. The molecule has 1 aliphatic carbocycles. The maximum Gasteiger partial charge on any atom is 0.145 e. The zero-order chi connectivity index (χ0) is 13.0. The standard InChI is InChI=1S/C14H14N4/c1-10-3-2-4-13(14(10)18-12-5-6-12)17-9-11(7-15)8-16/h2-4,9,12,17-18H,5-6H2,1H3. The van der Waals surface area contributed by atoms with Crippen molar-refractivity contribution < 1.29 is 0 Å². The molecule has 4 nitrogen and oxygen atoms in total. The number of rotatable bonds is 4. The second-order valence-electron chi connectivity index (χ2n) is 4.34. The van der Waals surface area contributed by atoms with E-state index >= 15 is 0 Å². The molecule has 1 saturated carbocycles. The van der Waals surface area contributed by atoms with E-state index in [2.05, 4.69) is 10.6 Å². The van der Waals surface area contributed by atoms with Crippen molar-refractivity contribution in [2.75, 3.05) is 10.6 Å². The van der Waals surface area contributed by atoms with Gasteiger partial charge in [-0.2, -0.15) is 10.5 Å². The number of allylic oxidation sites excluding steroid dienone is 1. The number of hydrogen-bond acceptors (Lipinski definition) is 4. The highest BCUT2D eigenvalue weighted by atomic mass is 15.0. The van der Waals surface area contributed by atoms with Crippen LogP contribution in [0.25, 0.3) is 0 Å². The number of nitrogens with zero attached hydrogens (tertiary/aromatic N) is 2. The molecular formula is C14H14N4. The van der Waals surface area contributed by atoms with Crippen molar-refractivity contribution in [3.05, 3.63) is 35.5 Å². The van der Waals surface area contributed by atoms with Crippen molar-refractivity contribution in [1.29, 1.82) is 10.5 Å². The number of anilines is 2. The summed E-state index contributed by atoms with van der Waals surface area (Å²) in [4.78, 5) is 0. The van der Waals surface area contributed by atoms with Crippen molar-refractivity contribution in [3.63, 3.8) is 0 Å². The Morgan fingerprint density at radius 3 is 2.67 bits per heavy atom. The third kappa shape index (κ3) is 2.81. The highest BCUT2D eigenvalue weighted by Gasteiger charge is 2.22. The Bertz CT molecular complexity index is 540. The molecule has 18 heavy (non-hydrogen) atoms. The van der Waals surface area contributed by atoms with E-state index in [0.29, 0.717) is 6.04 Å². The second kappa shape index (κ2) is 5.25. The molecular weight excluding hydrogens is 224 g/mol. The molecule has 0 saturated heterocycles. The highest BCUT2D eigenvalue weighted by molar-refractivity contribution is 5.74. The molecule has 0 aliphatic heterocycles. The summed E-state index contributed by atoms with van der Waals surface area (Å²) in [5, 5.41) is 23.8. The van der Waals surface area contributed by atoms with Gasteiger partial charge in [-0.15, -0.1) is 0 Å². The largest absolute Gasteiger partial charge is 0.380 e. The van der Waals surface area contributed by atoms with Gasteiger partial charge in [-0.05, 0) is 31.4 Å². The van der Waals surface area contributed by atoms with Crippen molar-refractivity contribution in [3.8, 4) is 12.1 Å². The van der Waals surface area contributed by atoms with Gasteiger partial charge in [-0.1, -0.05) is 12.1 Å². The monoisotopic (exact) mass is 238 g/mol. The van der Waals surface area contributed by atoms with Crippen LogP contribution in [0, 0.1) is 29.6 Å². The minimum absolute atomic E-state index is 0.0638. The zero-order valence-electron chi connectivity index (χ0n) is 10.2. The smallest absolute Gasteiger partial charge is 0.145 e. The van der Waals surface area contributed by atoms with Gasteiger partial charge in [0.25, 0.3) is 0 Å². The van der Waals surface area contributed by atoms with Gasteiger partial charge >= 0.3 is 0 Å². The van der Waals surface area contributed by atoms with Crippen molar-refractivity contribution in [2.45, 2.75) is 25.8 Å². The van der Waals surface area contributed by atoms with Crippen LogP contribution in [0.1, 0.15) is 18.4 Å². The lowest BCUT2D eigenvalue weighted by Crippen LogP contribution is -2.05. The quantitative estimate of drug-likeness (QED) is 0.791. The molecule has 0 spiro atoms. The average molecular weight is 238 g/mol. The molecule has 2 rings (SSSR count). The van der Waals surface area contributed by atoms with Crippen molar-refractivity contribution >= 4 is 11.4 Å². The number of nitrogens with one attached hydrogen (secondary N) is 2. The summed E-state index contributed by atoms with van der Waals surface area (Å²) in [5.74, 6) is 0. The first-order chi connectivity index (χ1) is 8.74. The van der Waals surface area contributed by atoms with Gasteiger partial charge in [0.05, 0.1) is 11.4 Å². The van der Waals surface area contributed by atoms with Gasteiger partial charge in [0, 0.05) is 12.2 Å². The molecule has 0 amide bonds. The number of hydrogen-bond donors (Lipinski definition) is 2. The van der Waals surface area contributed by atoms with Crippen molar-refractivity contribution in [2.24, 2.45) is 0 Å². The van der Waals surface area contributed by atoms with E-state index in [0.717, 1.165) is 16.9 Å². The fourth-order valence-electron chi connectivity index (χ4n) is 1.65. The molecule has 2 N–H and O–H groups in total. The normalized spacial score (nSPS) is 13.1. The predicted molar refractivity (Wildman–Crippen MR) is 70.8 cm³/mol. The number of nitriles is 2. The van der Waals surface area contributed by atoms with E-state index in [9.17, 15) is 0 Å². The Hall–Kier alpha value is -2.46. The van der Waals surface area contributed by atoms with Gasteiger partial charge in [0.15, 0.2) is 0 Å². The van der Waals surface area contributed by atoms with Gasteiger partial charge in [-0.25, -0.2) is 0 Å². The minimum Gasteiger partial charge on any atom is -0.380 e. The summed E-state index contributed by atoms with van der Waals surface area (Å²) in [6, 6.07) is 10.1. The number of benzene rings is 1. The Morgan fingerprint density at radius 2 is 2.06 bits per heavy atom. The molecule has 4 heteroatoms. The summed E-state index contributed by atoms with van der Waals surface area (Å²) in [6.07, 6.45) is 3.84. The lowest BCUT2D eigenvalue weighted by atomic mass is 10.1. The Kier molecular flexibility index (Phi) is 3.50. The van der Waals surface area contributed by atoms with E-state index in [1.54, 1.807) is 0 Å². The zero-order valence-corrected chi connectivity index (χ0v) is 10.2.